The van der Waals surface area contributed by atoms with E-state index in [4.69, 9.17) is 9.97 Å². The molecule has 10 nitrogen and oxygen atoms in total. The molecule has 0 unspecified atom stereocenters. The number of anilines is 3. The minimum Gasteiger partial charge on any atom is -0.507 e. The van der Waals surface area contributed by atoms with Gasteiger partial charge in [0, 0.05) is 76.4 Å². The Labute approximate surface area is 234 Å². The number of piperidine rings is 1. The van der Waals surface area contributed by atoms with Gasteiger partial charge in [-0.15, -0.1) is 10.2 Å². The summed E-state index contributed by atoms with van der Waals surface area (Å²) >= 11 is 0. The third-order valence-electron chi connectivity index (χ3n) is 10.0. The molecule has 40 heavy (non-hydrogen) atoms. The van der Waals surface area contributed by atoms with Crippen LogP contribution in [0.1, 0.15) is 37.2 Å². The van der Waals surface area contributed by atoms with Crippen molar-refractivity contribution in [3.8, 4) is 17.0 Å². The van der Waals surface area contributed by atoms with Crippen molar-refractivity contribution in [2.24, 2.45) is 5.41 Å². The predicted octanol–water partition coefficient (Wildman–Crippen LogP) is 2.69. The summed E-state index contributed by atoms with van der Waals surface area (Å²) in [5.74, 6) is 2.60. The maximum Gasteiger partial charge on any atom is 0.225 e. The molecule has 1 aliphatic carbocycles. The number of phenols is 1. The summed E-state index contributed by atoms with van der Waals surface area (Å²) in [4.78, 5) is 17.1. The van der Waals surface area contributed by atoms with Crippen LogP contribution in [0.4, 0.5) is 17.5 Å². The summed E-state index contributed by atoms with van der Waals surface area (Å²) in [5, 5.41) is 26.1. The van der Waals surface area contributed by atoms with Gasteiger partial charge in [0.25, 0.3) is 0 Å². The SMILES string of the molecule is Oc1ccccc1-c1cc2c(nn1)NC[C@H]1CN(C3CCN(c4ncc(C5CC6(CNC6)C5)cn4)CC3)CCN21. The maximum absolute atomic E-state index is 10.3. The fourth-order valence-electron chi connectivity index (χ4n) is 7.59. The zero-order valence-electron chi connectivity index (χ0n) is 22.8. The average molecular weight is 540 g/mol. The topological polar surface area (TPSA) is 106 Å². The quantitative estimate of drug-likeness (QED) is 0.458. The van der Waals surface area contributed by atoms with Crippen LogP contribution in [0, 0.1) is 5.41 Å². The van der Waals surface area contributed by atoms with E-state index in [0.29, 0.717) is 34.7 Å². The molecule has 3 saturated heterocycles. The van der Waals surface area contributed by atoms with E-state index in [-0.39, 0.29) is 5.75 Å². The molecule has 3 aromatic rings. The Morgan fingerprint density at radius 3 is 2.48 bits per heavy atom. The molecule has 2 aromatic heterocycles. The summed E-state index contributed by atoms with van der Waals surface area (Å²) in [6, 6.07) is 10.4. The highest BCUT2D eigenvalue weighted by atomic mass is 16.3. The van der Waals surface area contributed by atoms with Crippen LogP contribution in [-0.2, 0) is 0 Å². The number of hydrogen-bond donors (Lipinski definition) is 3. The van der Waals surface area contributed by atoms with Crippen LogP contribution in [0.2, 0.25) is 0 Å². The van der Waals surface area contributed by atoms with E-state index in [1.165, 1.54) is 31.5 Å². The Morgan fingerprint density at radius 2 is 1.73 bits per heavy atom. The van der Waals surface area contributed by atoms with Crippen LogP contribution < -0.4 is 20.4 Å². The molecule has 0 radical (unpaired) electrons. The standard InChI is InChI=1S/C30H37N9O/c40-27-4-2-1-3-24(27)25-11-26-28(36-35-25)32-16-23-17-38(9-10-39(23)26)22-5-7-37(8-6-22)29-33-14-21(15-34-29)20-12-30(13-20)18-31-19-30/h1-4,11,14-15,20,22-23,31,40H,5-10,12-13,16-19H2,(H,32,36)/t23-/m0/s1. The van der Waals surface area contributed by atoms with Gasteiger partial charge in [0.2, 0.25) is 5.95 Å². The summed E-state index contributed by atoms with van der Waals surface area (Å²) < 4.78 is 0. The molecule has 3 N–H and O–H groups in total. The van der Waals surface area contributed by atoms with Crippen molar-refractivity contribution >= 4 is 17.5 Å². The molecule has 0 amide bonds. The molecule has 4 aliphatic heterocycles. The molecular formula is C30H37N9O. The van der Waals surface area contributed by atoms with Gasteiger partial charge in [0.1, 0.15) is 5.75 Å². The highest BCUT2D eigenvalue weighted by Gasteiger charge is 2.48. The second-order valence-corrected chi connectivity index (χ2v) is 12.4. The lowest BCUT2D eigenvalue weighted by Gasteiger charge is -2.54. The number of fused-ring (bicyclic) bond motifs is 3. The number of rotatable bonds is 4. The summed E-state index contributed by atoms with van der Waals surface area (Å²) in [5.41, 5.74) is 4.40. The highest BCUT2D eigenvalue weighted by molar-refractivity contribution is 5.76. The molecule has 1 atom stereocenters. The largest absolute Gasteiger partial charge is 0.507 e. The van der Waals surface area contributed by atoms with Crippen molar-refractivity contribution in [3.05, 3.63) is 48.3 Å². The van der Waals surface area contributed by atoms with Crippen molar-refractivity contribution in [1.82, 2.24) is 30.4 Å². The molecule has 1 saturated carbocycles. The second kappa shape index (κ2) is 9.55. The van der Waals surface area contributed by atoms with Crippen LogP contribution in [-0.4, -0.2) is 94.6 Å². The third-order valence-corrected chi connectivity index (χ3v) is 10.0. The van der Waals surface area contributed by atoms with Crippen molar-refractivity contribution in [2.75, 3.05) is 67.5 Å². The fraction of sp³-hybridized carbons (Fsp3) is 0.533. The molecular weight excluding hydrogens is 502 g/mol. The van der Waals surface area contributed by atoms with E-state index in [9.17, 15) is 5.11 Å². The van der Waals surface area contributed by atoms with Crippen LogP contribution in [0.3, 0.4) is 0 Å². The molecule has 1 spiro atoms. The van der Waals surface area contributed by atoms with Gasteiger partial charge in [-0.2, -0.15) is 0 Å². The fourth-order valence-corrected chi connectivity index (χ4v) is 7.59. The van der Waals surface area contributed by atoms with Gasteiger partial charge in [-0.25, -0.2) is 9.97 Å². The van der Waals surface area contributed by atoms with Crippen LogP contribution in [0.5, 0.6) is 5.75 Å². The van der Waals surface area contributed by atoms with E-state index in [1.807, 2.05) is 18.2 Å². The van der Waals surface area contributed by atoms with Crippen molar-refractivity contribution in [3.63, 3.8) is 0 Å². The third kappa shape index (κ3) is 4.16. The van der Waals surface area contributed by atoms with E-state index < -0.39 is 0 Å². The number of aromatic nitrogens is 4. The Bertz CT molecular complexity index is 1380. The van der Waals surface area contributed by atoms with Gasteiger partial charge < -0.3 is 25.5 Å². The number of hydrogen-bond acceptors (Lipinski definition) is 10. The molecule has 4 fully saturated rings. The number of aromatic hydroxyl groups is 1. The maximum atomic E-state index is 10.3. The van der Waals surface area contributed by atoms with Gasteiger partial charge in [-0.1, -0.05) is 12.1 Å². The van der Waals surface area contributed by atoms with E-state index >= 15 is 0 Å². The Hall–Kier alpha value is -3.50. The zero-order valence-corrected chi connectivity index (χ0v) is 22.8. The molecule has 1 aromatic carbocycles. The summed E-state index contributed by atoms with van der Waals surface area (Å²) in [7, 11) is 0. The summed E-state index contributed by atoms with van der Waals surface area (Å²) in [6.45, 7) is 8.30. The first-order chi connectivity index (χ1) is 19.6. The van der Waals surface area contributed by atoms with Crippen molar-refractivity contribution in [2.45, 2.75) is 43.7 Å². The summed E-state index contributed by atoms with van der Waals surface area (Å²) in [6.07, 6.45) is 9.02. The minimum absolute atomic E-state index is 0.229. The van der Waals surface area contributed by atoms with Crippen LogP contribution >= 0.6 is 0 Å². The normalized spacial score (nSPS) is 24.6. The van der Waals surface area contributed by atoms with Crippen LogP contribution in [0.15, 0.2) is 42.7 Å². The van der Waals surface area contributed by atoms with Gasteiger partial charge in [0.15, 0.2) is 5.82 Å². The zero-order chi connectivity index (χ0) is 26.7. The Balaban J connectivity index is 0.883. The lowest BCUT2D eigenvalue weighted by molar-refractivity contribution is 0.0360. The average Bonchev–Trinajstić information content (AvgIpc) is 2.96. The van der Waals surface area contributed by atoms with Gasteiger partial charge in [0.05, 0.1) is 17.4 Å². The smallest absolute Gasteiger partial charge is 0.225 e. The number of benzene rings is 1. The monoisotopic (exact) mass is 539 g/mol. The van der Waals surface area contributed by atoms with E-state index in [0.717, 1.165) is 69.6 Å². The molecule has 208 valence electrons. The predicted molar refractivity (Wildman–Crippen MR) is 155 cm³/mol. The van der Waals surface area contributed by atoms with Crippen molar-refractivity contribution < 1.29 is 5.11 Å². The molecule has 8 rings (SSSR count). The Morgan fingerprint density at radius 1 is 0.925 bits per heavy atom. The molecule has 6 heterocycles. The van der Waals surface area contributed by atoms with Crippen LogP contribution in [0.25, 0.3) is 11.3 Å². The first kappa shape index (κ1) is 24.3. The van der Waals surface area contributed by atoms with E-state index in [2.05, 4.69) is 54.0 Å². The molecule has 5 aliphatic rings. The Kier molecular flexibility index (Phi) is 5.81. The number of nitrogens with zero attached hydrogens (tertiary/aromatic N) is 7. The second-order valence-electron chi connectivity index (χ2n) is 12.4. The van der Waals surface area contributed by atoms with Crippen molar-refractivity contribution in [1.29, 1.82) is 0 Å². The number of nitrogens with one attached hydrogen (secondary N) is 2. The number of piperazine rings is 1. The van der Waals surface area contributed by atoms with E-state index in [1.54, 1.807) is 6.07 Å². The molecule has 10 heteroatoms. The van der Waals surface area contributed by atoms with Gasteiger partial charge in [-0.3, -0.25) is 4.90 Å². The van der Waals surface area contributed by atoms with Gasteiger partial charge >= 0.3 is 0 Å². The lowest BCUT2D eigenvalue weighted by Crippen LogP contribution is -2.61. The first-order valence-corrected chi connectivity index (χ1v) is 14.8. The number of phenolic OH excluding ortho intramolecular Hbond substituents is 1. The number of para-hydroxylation sites is 1. The first-order valence-electron chi connectivity index (χ1n) is 14.8. The van der Waals surface area contributed by atoms with Gasteiger partial charge in [-0.05, 0) is 60.8 Å². The minimum atomic E-state index is 0.229. The lowest BCUT2D eigenvalue weighted by atomic mass is 9.57. The molecule has 0 bridgehead atoms. The highest BCUT2D eigenvalue weighted by Crippen LogP contribution is 2.53.